The number of benzene rings is 10. The molecule has 302 valence electrons. The van der Waals surface area contributed by atoms with Crippen molar-refractivity contribution in [2.45, 2.75) is 0 Å². The highest BCUT2D eigenvalue weighted by atomic mass is 32.1. The van der Waals surface area contributed by atoms with Crippen LogP contribution in [-0.4, -0.2) is 19.5 Å². The molecule has 0 saturated carbocycles. The number of furan rings is 1. The Morgan fingerprint density at radius 1 is 0.369 bits per heavy atom. The van der Waals surface area contributed by atoms with Crippen molar-refractivity contribution < 1.29 is 4.42 Å². The number of fused-ring (bicyclic) bond motifs is 12. The third kappa shape index (κ3) is 5.54. The molecule has 4 heterocycles. The van der Waals surface area contributed by atoms with Crippen LogP contribution in [0.25, 0.3) is 136 Å². The topological polar surface area (TPSA) is 56.7 Å². The summed E-state index contributed by atoms with van der Waals surface area (Å²) in [6.07, 6.45) is 0. The molecule has 0 radical (unpaired) electrons. The molecule has 0 fully saturated rings. The maximum Gasteiger partial charge on any atom is 0.165 e. The van der Waals surface area contributed by atoms with Gasteiger partial charge in [0.15, 0.2) is 17.5 Å². The van der Waals surface area contributed by atoms with Crippen LogP contribution >= 0.6 is 11.3 Å². The fourth-order valence-electron chi connectivity index (χ4n) is 10.1. The minimum Gasteiger partial charge on any atom is -0.456 e. The summed E-state index contributed by atoms with van der Waals surface area (Å²) in [5.41, 5.74) is 9.82. The van der Waals surface area contributed by atoms with Crippen molar-refractivity contribution in [1.82, 2.24) is 19.5 Å². The van der Waals surface area contributed by atoms with Gasteiger partial charge in [0.25, 0.3) is 0 Å². The minimum absolute atomic E-state index is 0.594. The minimum atomic E-state index is 0.594. The van der Waals surface area contributed by atoms with E-state index < -0.39 is 0 Å². The lowest BCUT2D eigenvalue weighted by atomic mass is 9.93. The predicted molar refractivity (Wildman–Crippen MR) is 271 cm³/mol. The van der Waals surface area contributed by atoms with Crippen LogP contribution in [0.5, 0.6) is 0 Å². The van der Waals surface area contributed by atoms with Crippen LogP contribution in [0.15, 0.2) is 211 Å². The number of thiophene rings is 1. The van der Waals surface area contributed by atoms with E-state index in [1.54, 1.807) is 11.3 Å². The molecule has 14 aromatic rings. The zero-order valence-electron chi connectivity index (χ0n) is 34.7. The first kappa shape index (κ1) is 36.1. The van der Waals surface area contributed by atoms with Crippen molar-refractivity contribution in [2.24, 2.45) is 0 Å². The second-order valence-electron chi connectivity index (χ2n) is 16.7. The molecule has 0 spiro atoms. The molecule has 14 rings (SSSR count). The van der Waals surface area contributed by atoms with E-state index in [1.807, 2.05) is 18.2 Å². The van der Waals surface area contributed by atoms with E-state index in [0.717, 1.165) is 81.9 Å². The lowest BCUT2D eigenvalue weighted by molar-refractivity contribution is 0.669. The van der Waals surface area contributed by atoms with Crippen molar-refractivity contribution in [3.8, 4) is 51.0 Å². The molecule has 0 N–H and O–H groups in total. The lowest BCUT2D eigenvalue weighted by Crippen LogP contribution is -2.02. The summed E-state index contributed by atoms with van der Waals surface area (Å²) in [6, 6.07) is 73.3. The SMILES string of the molecule is c1ccc(-c2nc(-c3ccc(-n4c5ccccc5c5cc6ccccc6cc54)cc3-c3cccc4oc5ccc6ccccc6c5c34)nc(-c3cccc4c3sc3ccccc34)n2)cc1. The van der Waals surface area contributed by atoms with Gasteiger partial charge in [0.1, 0.15) is 11.2 Å². The summed E-state index contributed by atoms with van der Waals surface area (Å²) in [5, 5.41) is 11.7. The molecular formula is C59H34N4OS. The Balaban J connectivity index is 1.09. The van der Waals surface area contributed by atoms with Crippen molar-refractivity contribution in [1.29, 1.82) is 0 Å². The average Bonchev–Trinajstić information content (AvgIpc) is 4.05. The standard InChI is InChI=1S/C59H34N4OS/c1-2-15-36(16-3-1)57-60-58(62-59(61-57)46-24-12-23-44-42-21-9-11-27-53(42)65-56(44)46)45-30-29-39(63-49-25-10-8-20-41(49)48-32-37-17-4-5-18-38(37)33-50(48)63)34-47(45)43-22-13-26-51-55(43)54-40-19-7-6-14-35(40)28-31-52(54)64-51/h1-34H. The Kier molecular flexibility index (Phi) is 7.79. The number of hydrogen-bond acceptors (Lipinski definition) is 5. The third-order valence-electron chi connectivity index (χ3n) is 13.0. The smallest absolute Gasteiger partial charge is 0.165 e. The molecule has 4 aromatic heterocycles. The second-order valence-corrected chi connectivity index (χ2v) is 17.7. The fraction of sp³-hybridized carbons (Fsp3) is 0. The number of para-hydroxylation sites is 1. The van der Waals surface area contributed by atoms with E-state index in [4.69, 9.17) is 19.4 Å². The number of rotatable bonds is 5. The Labute approximate surface area is 376 Å². The van der Waals surface area contributed by atoms with Gasteiger partial charge in [0, 0.05) is 64.1 Å². The first-order valence-electron chi connectivity index (χ1n) is 21.8. The predicted octanol–water partition coefficient (Wildman–Crippen LogP) is 16.2. The Bertz CT molecular complexity index is 4260. The highest BCUT2D eigenvalue weighted by molar-refractivity contribution is 7.26. The van der Waals surface area contributed by atoms with E-state index >= 15 is 0 Å². The molecule has 0 aliphatic heterocycles. The Morgan fingerprint density at radius 3 is 1.91 bits per heavy atom. The van der Waals surface area contributed by atoms with Crippen molar-refractivity contribution in [3.05, 3.63) is 206 Å². The molecule has 0 amide bonds. The average molecular weight is 847 g/mol. The van der Waals surface area contributed by atoms with E-state index in [1.165, 1.54) is 37.0 Å². The van der Waals surface area contributed by atoms with Gasteiger partial charge in [-0.1, -0.05) is 146 Å². The molecule has 0 saturated heterocycles. The van der Waals surface area contributed by atoms with Crippen molar-refractivity contribution in [3.63, 3.8) is 0 Å². The summed E-state index contributed by atoms with van der Waals surface area (Å²) in [6.45, 7) is 0. The molecule has 0 aliphatic carbocycles. The zero-order valence-corrected chi connectivity index (χ0v) is 35.6. The van der Waals surface area contributed by atoms with Gasteiger partial charge in [-0.3, -0.25) is 0 Å². The van der Waals surface area contributed by atoms with Crippen LogP contribution in [-0.2, 0) is 0 Å². The Hall–Kier alpha value is -8.45. The van der Waals surface area contributed by atoms with Gasteiger partial charge in [-0.15, -0.1) is 11.3 Å². The molecule has 0 aliphatic rings. The van der Waals surface area contributed by atoms with Crippen LogP contribution in [0.3, 0.4) is 0 Å². The molecule has 5 nitrogen and oxygen atoms in total. The van der Waals surface area contributed by atoms with E-state index in [-0.39, 0.29) is 0 Å². The monoisotopic (exact) mass is 846 g/mol. The van der Waals surface area contributed by atoms with Crippen molar-refractivity contribution >= 4 is 96.8 Å². The first-order valence-corrected chi connectivity index (χ1v) is 22.7. The molecule has 0 unspecified atom stereocenters. The highest BCUT2D eigenvalue weighted by Crippen LogP contribution is 2.45. The molecule has 65 heavy (non-hydrogen) atoms. The van der Waals surface area contributed by atoms with Crippen LogP contribution < -0.4 is 0 Å². The number of hydrogen-bond donors (Lipinski definition) is 0. The third-order valence-corrected chi connectivity index (χ3v) is 14.3. The van der Waals surface area contributed by atoms with Gasteiger partial charge in [-0.25, -0.2) is 15.0 Å². The summed E-state index contributed by atoms with van der Waals surface area (Å²) in [5.74, 6) is 1.84. The van der Waals surface area contributed by atoms with Gasteiger partial charge >= 0.3 is 0 Å². The number of aromatic nitrogens is 4. The zero-order chi connectivity index (χ0) is 42.6. The van der Waals surface area contributed by atoms with Crippen LogP contribution in [0, 0.1) is 0 Å². The van der Waals surface area contributed by atoms with Crippen LogP contribution in [0.2, 0.25) is 0 Å². The van der Waals surface area contributed by atoms with E-state index in [2.05, 4.69) is 193 Å². The van der Waals surface area contributed by atoms with Gasteiger partial charge in [-0.2, -0.15) is 0 Å². The highest BCUT2D eigenvalue weighted by Gasteiger charge is 2.23. The van der Waals surface area contributed by atoms with E-state index in [9.17, 15) is 0 Å². The number of nitrogens with zero attached hydrogens (tertiary/aromatic N) is 4. The summed E-state index contributed by atoms with van der Waals surface area (Å²) in [7, 11) is 0. The molecule has 10 aromatic carbocycles. The van der Waals surface area contributed by atoms with Crippen LogP contribution in [0.1, 0.15) is 0 Å². The summed E-state index contributed by atoms with van der Waals surface area (Å²) >= 11 is 1.78. The van der Waals surface area contributed by atoms with Crippen LogP contribution in [0.4, 0.5) is 0 Å². The summed E-state index contributed by atoms with van der Waals surface area (Å²) < 4.78 is 11.5. The summed E-state index contributed by atoms with van der Waals surface area (Å²) in [4.78, 5) is 16.1. The lowest BCUT2D eigenvalue weighted by Gasteiger charge is -2.16. The normalized spacial score (nSPS) is 12.0. The van der Waals surface area contributed by atoms with E-state index in [0.29, 0.717) is 17.5 Å². The molecule has 0 bridgehead atoms. The quantitative estimate of drug-likeness (QED) is 0.173. The fourth-order valence-corrected chi connectivity index (χ4v) is 11.3. The second kappa shape index (κ2) is 14.0. The molecule has 0 atom stereocenters. The maximum absolute atomic E-state index is 6.70. The maximum atomic E-state index is 6.70. The van der Waals surface area contributed by atoms with Gasteiger partial charge in [0.2, 0.25) is 0 Å². The van der Waals surface area contributed by atoms with Crippen molar-refractivity contribution in [2.75, 3.05) is 0 Å². The molecular weight excluding hydrogens is 813 g/mol. The largest absolute Gasteiger partial charge is 0.456 e. The Morgan fingerprint density at radius 2 is 1.03 bits per heavy atom. The van der Waals surface area contributed by atoms with Gasteiger partial charge in [-0.05, 0) is 93.3 Å². The molecule has 6 heteroatoms. The van der Waals surface area contributed by atoms with Gasteiger partial charge in [0.05, 0.1) is 11.0 Å². The first-order chi connectivity index (χ1) is 32.2. The van der Waals surface area contributed by atoms with Gasteiger partial charge < -0.3 is 8.98 Å².